The fourth-order valence-electron chi connectivity index (χ4n) is 3.30. The summed E-state index contributed by atoms with van der Waals surface area (Å²) in [6.45, 7) is 1.43. The standard InChI is InChI=1S/C18H19N5O/c1-21-10-5-8-16(21)18(24)22-11-9-15(12-22)23-13-19-20-17(23)14-6-3-2-4-7-14/h2-8,10,13,15H,9,11-12H2,1H3/t15-/m0/s1. The van der Waals surface area contributed by atoms with E-state index in [9.17, 15) is 4.79 Å². The number of aromatic nitrogens is 4. The average Bonchev–Trinajstić information content (AvgIpc) is 3.35. The van der Waals surface area contributed by atoms with E-state index in [-0.39, 0.29) is 11.9 Å². The van der Waals surface area contributed by atoms with Gasteiger partial charge in [0, 0.05) is 31.9 Å². The lowest BCUT2D eigenvalue weighted by Crippen LogP contribution is -2.30. The van der Waals surface area contributed by atoms with E-state index in [0.717, 1.165) is 30.0 Å². The zero-order valence-electron chi connectivity index (χ0n) is 13.5. The van der Waals surface area contributed by atoms with Crippen molar-refractivity contribution in [3.63, 3.8) is 0 Å². The maximum atomic E-state index is 12.7. The fraction of sp³-hybridized carbons (Fsp3) is 0.278. The van der Waals surface area contributed by atoms with Crippen LogP contribution in [-0.4, -0.2) is 43.2 Å². The largest absolute Gasteiger partial charge is 0.347 e. The van der Waals surface area contributed by atoms with Crippen LogP contribution in [0, 0.1) is 0 Å². The minimum absolute atomic E-state index is 0.0827. The number of carbonyl (C=O) groups excluding carboxylic acids is 1. The Hall–Kier alpha value is -2.89. The lowest BCUT2D eigenvalue weighted by atomic mass is 10.2. The summed E-state index contributed by atoms with van der Waals surface area (Å²) in [6, 6.07) is 14.0. The Morgan fingerprint density at radius 3 is 2.75 bits per heavy atom. The number of aryl methyl sites for hydroxylation is 1. The van der Waals surface area contributed by atoms with Crippen molar-refractivity contribution in [3.05, 3.63) is 60.7 Å². The minimum atomic E-state index is 0.0827. The second-order valence-corrected chi connectivity index (χ2v) is 6.13. The van der Waals surface area contributed by atoms with Crippen molar-refractivity contribution in [2.24, 2.45) is 7.05 Å². The van der Waals surface area contributed by atoms with E-state index in [2.05, 4.69) is 14.8 Å². The van der Waals surface area contributed by atoms with Gasteiger partial charge in [0.2, 0.25) is 0 Å². The summed E-state index contributed by atoms with van der Waals surface area (Å²) >= 11 is 0. The molecule has 1 aromatic carbocycles. The quantitative estimate of drug-likeness (QED) is 0.744. The average molecular weight is 321 g/mol. The predicted octanol–water partition coefficient (Wildman–Crippen LogP) is 2.37. The van der Waals surface area contributed by atoms with E-state index in [4.69, 9.17) is 0 Å². The summed E-state index contributed by atoms with van der Waals surface area (Å²) in [6.07, 6.45) is 4.58. The van der Waals surface area contributed by atoms with E-state index < -0.39 is 0 Å². The summed E-state index contributed by atoms with van der Waals surface area (Å²) in [7, 11) is 1.90. The molecule has 6 nitrogen and oxygen atoms in total. The first kappa shape index (κ1) is 14.7. The highest BCUT2D eigenvalue weighted by atomic mass is 16.2. The molecule has 1 aliphatic heterocycles. The van der Waals surface area contributed by atoms with Crippen molar-refractivity contribution in [1.82, 2.24) is 24.2 Å². The Balaban J connectivity index is 1.55. The first-order chi connectivity index (χ1) is 11.7. The molecular weight excluding hydrogens is 302 g/mol. The molecule has 1 amide bonds. The molecule has 1 fully saturated rings. The van der Waals surface area contributed by atoms with Crippen LogP contribution in [0.5, 0.6) is 0 Å². The highest BCUT2D eigenvalue weighted by Gasteiger charge is 2.30. The molecule has 0 aliphatic carbocycles. The zero-order valence-corrected chi connectivity index (χ0v) is 13.5. The third-order valence-corrected chi connectivity index (χ3v) is 4.61. The zero-order chi connectivity index (χ0) is 16.5. The van der Waals surface area contributed by atoms with Crippen molar-refractivity contribution in [2.75, 3.05) is 13.1 Å². The van der Waals surface area contributed by atoms with Crippen LogP contribution < -0.4 is 0 Å². The van der Waals surface area contributed by atoms with E-state index in [1.807, 2.05) is 65.2 Å². The van der Waals surface area contributed by atoms with Crippen LogP contribution in [0.15, 0.2) is 55.0 Å². The monoisotopic (exact) mass is 321 g/mol. The Kier molecular flexibility index (Phi) is 3.65. The third-order valence-electron chi connectivity index (χ3n) is 4.61. The molecule has 1 saturated heterocycles. The Morgan fingerprint density at radius 2 is 2.00 bits per heavy atom. The van der Waals surface area contributed by atoms with Gasteiger partial charge in [-0.1, -0.05) is 30.3 Å². The maximum absolute atomic E-state index is 12.7. The highest BCUT2D eigenvalue weighted by Crippen LogP contribution is 2.27. The van der Waals surface area contributed by atoms with Gasteiger partial charge in [0.15, 0.2) is 5.82 Å². The molecule has 3 heterocycles. The topological polar surface area (TPSA) is 56.0 Å². The van der Waals surface area contributed by atoms with Gasteiger partial charge in [0.1, 0.15) is 12.0 Å². The molecule has 0 saturated carbocycles. The molecule has 122 valence electrons. The second kappa shape index (κ2) is 5.96. The van der Waals surface area contributed by atoms with Gasteiger partial charge in [-0.3, -0.25) is 4.79 Å². The number of hydrogen-bond donors (Lipinski definition) is 0. The molecule has 24 heavy (non-hydrogen) atoms. The predicted molar refractivity (Wildman–Crippen MR) is 90.4 cm³/mol. The van der Waals surface area contributed by atoms with E-state index in [1.54, 1.807) is 6.33 Å². The van der Waals surface area contributed by atoms with Gasteiger partial charge in [-0.15, -0.1) is 10.2 Å². The van der Waals surface area contributed by atoms with Crippen molar-refractivity contribution >= 4 is 5.91 Å². The molecule has 0 N–H and O–H groups in total. The number of rotatable bonds is 3. The van der Waals surface area contributed by atoms with Crippen LogP contribution in [0.2, 0.25) is 0 Å². The lowest BCUT2D eigenvalue weighted by Gasteiger charge is -2.18. The maximum Gasteiger partial charge on any atom is 0.270 e. The number of amides is 1. The van der Waals surface area contributed by atoms with Gasteiger partial charge in [0.25, 0.3) is 5.91 Å². The lowest BCUT2D eigenvalue weighted by molar-refractivity contribution is 0.0778. The van der Waals surface area contributed by atoms with Gasteiger partial charge in [0.05, 0.1) is 6.04 Å². The van der Waals surface area contributed by atoms with Gasteiger partial charge in [-0.25, -0.2) is 0 Å². The number of nitrogens with zero attached hydrogens (tertiary/aromatic N) is 5. The van der Waals surface area contributed by atoms with Crippen LogP contribution in [0.1, 0.15) is 23.0 Å². The normalized spacial score (nSPS) is 17.4. The smallest absolute Gasteiger partial charge is 0.270 e. The van der Waals surface area contributed by atoms with Gasteiger partial charge < -0.3 is 14.0 Å². The molecule has 3 aromatic rings. The van der Waals surface area contributed by atoms with Crippen LogP contribution in [-0.2, 0) is 7.05 Å². The molecule has 4 rings (SSSR count). The molecule has 1 atom stereocenters. The van der Waals surface area contributed by atoms with Gasteiger partial charge in [-0.05, 0) is 18.6 Å². The van der Waals surface area contributed by atoms with E-state index >= 15 is 0 Å². The van der Waals surface area contributed by atoms with E-state index in [0.29, 0.717) is 6.54 Å². The van der Waals surface area contributed by atoms with Crippen LogP contribution in [0.3, 0.4) is 0 Å². The van der Waals surface area contributed by atoms with Crippen molar-refractivity contribution in [3.8, 4) is 11.4 Å². The molecule has 1 aliphatic rings. The Bertz CT molecular complexity index is 851. The fourth-order valence-corrected chi connectivity index (χ4v) is 3.30. The third kappa shape index (κ3) is 2.50. The first-order valence-corrected chi connectivity index (χ1v) is 8.09. The van der Waals surface area contributed by atoms with Crippen molar-refractivity contribution in [2.45, 2.75) is 12.5 Å². The van der Waals surface area contributed by atoms with Crippen LogP contribution >= 0.6 is 0 Å². The number of hydrogen-bond acceptors (Lipinski definition) is 3. The molecule has 2 aromatic heterocycles. The minimum Gasteiger partial charge on any atom is -0.347 e. The van der Waals surface area contributed by atoms with E-state index in [1.165, 1.54) is 0 Å². The number of likely N-dealkylation sites (tertiary alicyclic amines) is 1. The number of benzene rings is 1. The summed E-state index contributed by atoms with van der Waals surface area (Å²) in [5, 5.41) is 8.35. The van der Waals surface area contributed by atoms with Crippen molar-refractivity contribution in [1.29, 1.82) is 0 Å². The first-order valence-electron chi connectivity index (χ1n) is 8.09. The summed E-state index contributed by atoms with van der Waals surface area (Å²) < 4.78 is 3.96. The molecule has 6 heteroatoms. The molecule has 0 radical (unpaired) electrons. The number of carbonyl (C=O) groups is 1. The van der Waals surface area contributed by atoms with Gasteiger partial charge >= 0.3 is 0 Å². The highest BCUT2D eigenvalue weighted by molar-refractivity contribution is 5.93. The molecular formula is C18H19N5O. The van der Waals surface area contributed by atoms with Crippen molar-refractivity contribution < 1.29 is 4.79 Å². The molecule has 0 unspecified atom stereocenters. The van der Waals surface area contributed by atoms with Gasteiger partial charge in [-0.2, -0.15) is 0 Å². The SMILES string of the molecule is Cn1cccc1C(=O)N1CC[C@H](n2cnnc2-c2ccccc2)C1. The summed E-state index contributed by atoms with van der Waals surface area (Å²) in [5.74, 6) is 0.938. The Labute approximate surface area is 140 Å². The summed E-state index contributed by atoms with van der Waals surface area (Å²) in [5.41, 5.74) is 1.77. The molecule has 0 bridgehead atoms. The Morgan fingerprint density at radius 1 is 1.17 bits per heavy atom. The summed E-state index contributed by atoms with van der Waals surface area (Å²) in [4.78, 5) is 14.6. The molecule has 0 spiro atoms. The second-order valence-electron chi connectivity index (χ2n) is 6.13. The van der Waals surface area contributed by atoms with Crippen LogP contribution in [0.4, 0.5) is 0 Å². The van der Waals surface area contributed by atoms with Crippen LogP contribution in [0.25, 0.3) is 11.4 Å².